The lowest BCUT2D eigenvalue weighted by molar-refractivity contribution is -0.384. The van der Waals surface area contributed by atoms with Crippen molar-refractivity contribution >= 4 is 22.4 Å². The number of phenolic OH excluding ortho intramolecular Hbond substituents is 1. The topological polar surface area (TPSA) is 91.5 Å². The van der Waals surface area contributed by atoms with Crippen molar-refractivity contribution in [3.63, 3.8) is 0 Å². The summed E-state index contributed by atoms with van der Waals surface area (Å²) in [7, 11) is 3.97. The van der Waals surface area contributed by atoms with E-state index in [-0.39, 0.29) is 17.0 Å². The number of phenols is 1. The average molecular weight is 364 g/mol. The molecule has 0 unspecified atom stereocenters. The third-order valence-corrected chi connectivity index (χ3v) is 4.90. The lowest BCUT2D eigenvalue weighted by Crippen LogP contribution is -2.21. The fourth-order valence-corrected chi connectivity index (χ4v) is 3.66. The molecule has 1 aliphatic carbocycles. The number of nitrogens with one attached hydrogen (secondary N) is 1. The Morgan fingerprint density at radius 1 is 1.26 bits per heavy atom. The largest absolute Gasteiger partial charge is 0.502 e. The summed E-state index contributed by atoms with van der Waals surface area (Å²) >= 11 is 0. The number of nitro benzene ring substituents is 1. The number of benzene rings is 2. The van der Waals surface area contributed by atoms with Gasteiger partial charge in [-0.05, 0) is 42.9 Å². The zero-order valence-corrected chi connectivity index (χ0v) is 15.2. The second-order valence-corrected chi connectivity index (χ2v) is 6.96. The molecule has 0 bridgehead atoms. The Hall–Kier alpha value is -3.19. The summed E-state index contributed by atoms with van der Waals surface area (Å²) in [6.07, 6.45) is 0.730. The first kappa shape index (κ1) is 17.2. The highest BCUT2D eigenvalue weighted by atomic mass is 16.6. The van der Waals surface area contributed by atoms with E-state index in [1.807, 2.05) is 32.3 Å². The predicted molar refractivity (Wildman–Crippen MR) is 105 cm³/mol. The first-order chi connectivity index (χ1) is 13.0. The molecule has 3 aromatic rings. The summed E-state index contributed by atoms with van der Waals surface area (Å²) in [5.74, 6) is 0.273. The molecule has 0 saturated carbocycles. The molecule has 2 N–H and O–H groups in total. The van der Waals surface area contributed by atoms with Crippen LogP contribution in [0.25, 0.3) is 22.0 Å². The normalized spacial score (nSPS) is 12.3. The van der Waals surface area contributed by atoms with E-state index in [2.05, 4.69) is 21.3 Å². The summed E-state index contributed by atoms with van der Waals surface area (Å²) in [6, 6.07) is 11.2. The maximum absolute atomic E-state index is 11.6. The smallest absolute Gasteiger partial charge is 0.336 e. The highest BCUT2D eigenvalue weighted by Gasteiger charge is 2.29. The number of likely N-dealkylation sites (N-methyl/N-ethyl adjacent to an activating group) is 1. The number of nitro groups is 1. The molecule has 0 aliphatic heterocycles. The van der Waals surface area contributed by atoms with E-state index >= 15 is 0 Å². The molecule has 27 heavy (non-hydrogen) atoms. The molecule has 4 rings (SSSR count). The van der Waals surface area contributed by atoms with Crippen LogP contribution in [0.3, 0.4) is 0 Å². The quantitative estimate of drug-likeness (QED) is 0.417. The first-order valence-corrected chi connectivity index (χ1v) is 8.77. The molecule has 2 aromatic carbocycles. The molecule has 7 nitrogen and oxygen atoms in total. The van der Waals surface area contributed by atoms with Crippen molar-refractivity contribution in [2.24, 2.45) is 0 Å². The van der Waals surface area contributed by atoms with E-state index in [0.717, 1.165) is 29.7 Å². The maximum atomic E-state index is 11.6. The monoisotopic (exact) mass is 364 g/mol. The third kappa shape index (κ3) is 2.86. The minimum atomic E-state index is -0.568. The molecular formula is C20H20N4O3. The highest BCUT2D eigenvalue weighted by molar-refractivity contribution is 6.05. The minimum absolute atomic E-state index is 0.211. The van der Waals surface area contributed by atoms with E-state index in [1.54, 1.807) is 6.07 Å². The van der Waals surface area contributed by atoms with Crippen molar-refractivity contribution in [1.29, 1.82) is 0 Å². The zero-order chi connectivity index (χ0) is 19.1. The number of aromatic nitrogens is 1. The summed E-state index contributed by atoms with van der Waals surface area (Å²) < 4.78 is 0. The third-order valence-electron chi connectivity index (χ3n) is 4.90. The lowest BCUT2D eigenvalue weighted by atomic mass is 10.00. The van der Waals surface area contributed by atoms with Gasteiger partial charge in [0.05, 0.1) is 4.92 Å². The van der Waals surface area contributed by atoms with Gasteiger partial charge in [0.25, 0.3) is 0 Å². The van der Waals surface area contributed by atoms with Gasteiger partial charge in [-0.3, -0.25) is 10.1 Å². The molecule has 0 atom stereocenters. The van der Waals surface area contributed by atoms with E-state index in [1.165, 1.54) is 11.6 Å². The lowest BCUT2D eigenvalue weighted by Gasteiger charge is -2.15. The van der Waals surface area contributed by atoms with E-state index < -0.39 is 4.92 Å². The Morgan fingerprint density at radius 2 is 2.04 bits per heavy atom. The van der Waals surface area contributed by atoms with Crippen LogP contribution in [0.2, 0.25) is 0 Å². The van der Waals surface area contributed by atoms with Crippen LogP contribution in [0.4, 0.5) is 11.5 Å². The van der Waals surface area contributed by atoms with Gasteiger partial charge in [0.2, 0.25) is 0 Å². The molecule has 0 spiro atoms. The van der Waals surface area contributed by atoms with Crippen LogP contribution in [0.5, 0.6) is 5.75 Å². The molecule has 1 aliphatic rings. The first-order valence-electron chi connectivity index (χ1n) is 8.77. The van der Waals surface area contributed by atoms with Crippen LogP contribution in [-0.4, -0.2) is 47.1 Å². The van der Waals surface area contributed by atoms with Crippen molar-refractivity contribution in [2.45, 2.75) is 6.42 Å². The van der Waals surface area contributed by atoms with E-state index in [9.17, 15) is 15.2 Å². The van der Waals surface area contributed by atoms with Crippen LogP contribution in [0, 0.1) is 10.1 Å². The van der Waals surface area contributed by atoms with Crippen molar-refractivity contribution in [2.75, 3.05) is 32.5 Å². The Kier molecular flexibility index (Phi) is 4.16. The Balaban J connectivity index is 1.98. The fourth-order valence-electron chi connectivity index (χ4n) is 3.66. The predicted octanol–water partition coefficient (Wildman–Crippen LogP) is 3.39. The zero-order valence-electron chi connectivity index (χ0n) is 15.2. The van der Waals surface area contributed by atoms with Crippen molar-refractivity contribution in [3.05, 3.63) is 57.6 Å². The number of pyridine rings is 1. The maximum Gasteiger partial charge on any atom is 0.336 e. The summed E-state index contributed by atoms with van der Waals surface area (Å²) in [6.45, 7) is 1.48. The fraction of sp³-hybridized carbons (Fsp3) is 0.250. The average Bonchev–Trinajstić information content (AvgIpc) is 3.01. The molecule has 0 saturated heterocycles. The van der Waals surface area contributed by atoms with Crippen molar-refractivity contribution < 1.29 is 10.0 Å². The summed E-state index contributed by atoms with van der Waals surface area (Å²) in [5.41, 5.74) is 4.11. The number of rotatable bonds is 5. The number of nitrogens with zero attached hydrogens (tertiary/aromatic N) is 3. The molecule has 7 heteroatoms. The summed E-state index contributed by atoms with van der Waals surface area (Å²) in [4.78, 5) is 17.6. The van der Waals surface area contributed by atoms with Crippen LogP contribution < -0.4 is 5.32 Å². The van der Waals surface area contributed by atoms with Gasteiger partial charge in [-0.25, -0.2) is 4.98 Å². The number of fused-ring (bicyclic) bond motifs is 5. The van der Waals surface area contributed by atoms with Gasteiger partial charge in [-0.15, -0.1) is 0 Å². The molecule has 1 heterocycles. The second kappa shape index (κ2) is 6.51. The van der Waals surface area contributed by atoms with Gasteiger partial charge >= 0.3 is 5.69 Å². The Morgan fingerprint density at radius 3 is 2.78 bits per heavy atom. The summed E-state index contributed by atoms with van der Waals surface area (Å²) in [5, 5.41) is 25.7. The molecule has 138 valence electrons. The second-order valence-electron chi connectivity index (χ2n) is 6.96. The van der Waals surface area contributed by atoms with E-state index in [4.69, 9.17) is 0 Å². The molecular weight excluding hydrogens is 344 g/mol. The number of anilines is 1. The van der Waals surface area contributed by atoms with Gasteiger partial charge in [0.15, 0.2) is 11.3 Å². The number of hydrogen-bond acceptors (Lipinski definition) is 6. The van der Waals surface area contributed by atoms with Gasteiger partial charge in [-0.2, -0.15) is 0 Å². The van der Waals surface area contributed by atoms with Crippen LogP contribution in [0.1, 0.15) is 11.1 Å². The SMILES string of the molecule is CN(C)CCNc1nc2c([N+](=O)[O-])c(O)ccc2c2c1Cc1ccccc1-2. The van der Waals surface area contributed by atoms with E-state index in [0.29, 0.717) is 17.7 Å². The van der Waals surface area contributed by atoms with Gasteiger partial charge in [0, 0.05) is 30.5 Å². The molecule has 0 radical (unpaired) electrons. The van der Waals surface area contributed by atoms with Crippen LogP contribution in [0.15, 0.2) is 36.4 Å². The van der Waals surface area contributed by atoms with Gasteiger partial charge in [0.1, 0.15) is 5.82 Å². The molecule has 0 amide bonds. The van der Waals surface area contributed by atoms with Crippen LogP contribution >= 0.6 is 0 Å². The standard InChI is InChI=1S/C20H20N4O3/c1-23(2)10-9-21-20-15-11-12-5-3-4-6-13(12)17(15)14-7-8-16(25)19(24(26)27)18(14)22-20/h3-8,25H,9-11H2,1-2H3,(H,21,22). The molecule has 0 fully saturated rings. The highest BCUT2D eigenvalue weighted by Crippen LogP contribution is 2.46. The van der Waals surface area contributed by atoms with Gasteiger partial charge in [-0.1, -0.05) is 24.3 Å². The minimum Gasteiger partial charge on any atom is -0.502 e. The Labute approximate surface area is 156 Å². The van der Waals surface area contributed by atoms with Gasteiger partial charge < -0.3 is 15.3 Å². The molecule has 1 aromatic heterocycles. The van der Waals surface area contributed by atoms with Crippen molar-refractivity contribution in [1.82, 2.24) is 9.88 Å². The van der Waals surface area contributed by atoms with Crippen LogP contribution in [-0.2, 0) is 6.42 Å². The van der Waals surface area contributed by atoms with Crippen molar-refractivity contribution in [3.8, 4) is 16.9 Å². The number of hydrogen-bond donors (Lipinski definition) is 2. The Bertz CT molecular complexity index is 1060. The number of aromatic hydroxyl groups is 1.